The van der Waals surface area contributed by atoms with Gasteiger partial charge in [-0.15, -0.1) is 10.2 Å². The van der Waals surface area contributed by atoms with Gasteiger partial charge in [0.05, 0.1) is 22.0 Å². The van der Waals surface area contributed by atoms with Crippen molar-refractivity contribution in [3.63, 3.8) is 0 Å². The van der Waals surface area contributed by atoms with Crippen molar-refractivity contribution in [1.29, 1.82) is 0 Å². The number of hydrogen-bond donors (Lipinski definition) is 1. The lowest BCUT2D eigenvalue weighted by Gasteiger charge is -2.11. The minimum absolute atomic E-state index is 0.00544. The molecule has 5 nitrogen and oxygen atoms in total. The summed E-state index contributed by atoms with van der Waals surface area (Å²) in [5.74, 6) is -0.378. The molecule has 3 aromatic rings. The molecule has 0 bridgehead atoms. The van der Waals surface area contributed by atoms with Crippen molar-refractivity contribution in [3.8, 4) is 11.5 Å². The van der Waals surface area contributed by atoms with Crippen LogP contribution >= 0.6 is 23.4 Å². The first-order chi connectivity index (χ1) is 13.2. The quantitative estimate of drug-likeness (QED) is 0.548. The lowest BCUT2D eigenvalue weighted by atomic mass is 10.1. The van der Waals surface area contributed by atoms with Crippen LogP contribution < -0.4 is 5.32 Å². The van der Waals surface area contributed by atoms with Gasteiger partial charge in [0.15, 0.2) is 0 Å². The number of amides is 1. The molecule has 1 amide bonds. The molecular formula is C18H13ClF3N3O2S. The van der Waals surface area contributed by atoms with Gasteiger partial charge in [0.2, 0.25) is 11.8 Å². The largest absolute Gasteiger partial charge is 0.416 e. The van der Waals surface area contributed by atoms with E-state index < -0.39 is 17.6 Å². The Morgan fingerprint density at radius 1 is 1.21 bits per heavy atom. The smallest absolute Gasteiger partial charge is 0.411 e. The van der Waals surface area contributed by atoms with E-state index in [1.54, 1.807) is 0 Å². The Morgan fingerprint density at radius 2 is 2.00 bits per heavy atom. The number of hydrogen-bond acceptors (Lipinski definition) is 5. The zero-order valence-electron chi connectivity index (χ0n) is 14.4. The molecule has 0 unspecified atom stereocenters. The number of aromatic nitrogens is 2. The van der Waals surface area contributed by atoms with Gasteiger partial charge in [0.1, 0.15) is 0 Å². The Hall–Kier alpha value is -2.52. The second kappa shape index (κ2) is 8.24. The highest BCUT2D eigenvalue weighted by Gasteiger charge is 2.31. The minimum Gasteiger partial charge on any atom is -0.411 e. The van der Waals surface area contributed by atoms with Crippen LogP contribution in [0.1, 0.15) is 11.1 Å². The topological polar surface area (TPSA) is 68.0 Å². The molecule has 0 aliphatic carbocycles. The van der Waals surface area contributed by atoms with Gasteiger partial charge in [-0.3, -0.25) is 4.79 Å². The molecule has 0 fully saturated rings. The lowest BCUT2D eigenvalue weighted by molar-refractivity contribution is -0.137. The first-order valence-corrected chi connectivity index (χ1v) is 9.28. The van der Waals surface area contributed by atoms with E-state index in [9.17, 15) is 18.0 Å². The van der Waals surface area contributed by atoms with Crippen LogP contribution in [0.2, 0.25) is 5.02 Å². The third-order valence-electron chi connectivity index (χ3n) is 3.57. The lowest BCUT2D eigenvalue weighted by Crippen LogP contribution is -2.15. The molecule has 0 aliphatic heterocycles. The fourth-order valence-corrected chi connectivity index (χ4v) is 3.00. The molecule has 1 heterocycles. The van der Waals surface area contributed by atoms with Crippen LogP contribution in [0.15, 0.2) is 52.1 Å². The number of aryl methyl sites for hydroxylation is 1. The molecule has 28 heavy (non-hydrogen) atoms. The average Bonchev–Trinajstić information content (AvgIpc) is 3.10. The van der Waals surface area contributed by atoms with Crippen LogP contribution in [0.3, 0.4) is 0 Å². The van der Waals surface area contributed by atoms with E-state index in [-0.39, 0.29) is 21.7 Å². The van der Waals surface area contributed by atoms with Gasteiger partial charge in [0, 0.05) is 5.56 Å². The predicted octanol–water partition coefficient (Wildman–Crippen LogP) is 5.45. The summed E-state index contributed by atoms with van der Waals surface area (Å²) < 4.78 is 43.9. The summed E-state index contributed by atoms with van der Waals surface area (Å²) in [6, 6.07) is 10.2. The Balaban J connectivity index is 1.62. The highest BCUT2D eigenvalue weighted by molar-refractivity contribution is 7.99. The van der Waals surface area contributed by atoms with Crippen LogP contribution in [0.5, 0.6) is 0 Å². The molecule has 1 aromatic heterocycles. The normalized spacial score (nSPS) is 11.5. The second-order valence-corrected chi connectivity index (χ2v) is 7.11. The van der Waals surface area contributed by atoms with Gasteiger partial charge < -0.3 is 9.73 Å². The summed E-state index contributed by atoms with van der Waals surface area (Å²) in [5.41, 5.74) is 0.759. The molecule has 3 rings (SSSR count). The van der Waals surface area contributed by atoms with Crippen LogP contribution in [-0.4, -0.2) is 21.9 Å². The Kier molecular flexibility index (Phi) is 5.95. The standard InChI is InChI=1S/C18H13ClF3N3O2S/c1-10-3-2-4-11(7-10)16-24-25-17(27-16)28-9-15(26)23-14-8-12(18(20,21)22)5-6-13(14)19/h2-8H,9H2,1H3,(H,23,26). The van der Waals surface area contributed by atoms with Crippen molar-refractivity contribution in [3.05, 3.63) is 58.6 Å². The predicted molar refractivity (Wildman–Crippen MR) is 100 cm³/mol. The van der Waals surface area contributed by atoms with Gasteiger partial charge in [-0.05, 0) is 37.3 Å². The highest BCUT2D eigenvalue weighted by Crippen LogP contribution is 2.34. The van der Waals surface area contributed by atoms with Gasteiger partial charge in [-0.1, -0.05) is 41.1 Å². The summed E-state index contributed by atoms with van der Waals surface area (Å²) in [6.45, 7) is 1.93. The van der Waals surface area contributed by atoms with E-state index >= 15 is 0 Å². The maximum atomic E-state index is 12.8. The van der Waals surface area contributed by atoms with Crippen molar-refractivity contribution in [2.75, 3.05) is 11.1 Å². The highest BCUT2D eigenvalue weighted by atomic mass is 35.5. The minimum atomic E-state index is -4.53. The third-order valence-corrected chi connectivity index (χ3v) is 4.71. The van der Waals surface area contributed by atoms with Crippen LogP contribution in [0, 0.1) is 6.92 Å². The van der Waals surface area contributed by atoms with Gasteiger partial charge >= 0.3 is 6.18 Å². The molecular weight excluding hydrogens is 415 g/mol. The SMILES string of the molecule is Cc1cccc(-c2nnc(SCC(=O)Nc3cc(C(F)(F)F)ccc3Cl)o2)c1. The first-order valence-electron chi connectivity index (χ1n) is 7.92. The second-order valence-electron chi connectivity index (χ2n) is 5.77. The molecule has 2 aromatic carbocycles. The number of alkyl halides is 3. The zero-order valence-corrected chi connectivity index (χ0v) is 16.0. The molecule has 0 saturated carbocycles. The monoisotopic (exact) mass is 427 g/mol. The van der Waals surface area contributed by atoms with Gasteiger partial charge in [0.25, 0.3) is 5.22 Å². The maximum Gasteiger partial charge on any atom is 0.416 e. The third kappa shape index (κ3) is 5.05. The molecule has 0 radical (unpaired) electrons. The number of halogens is 4. The van der Waals surface area contributed by atoms with E-state index in [0.29, 0.717) is 5.89 Å². The number of carbonyl (C=O) groups is 1. The molecule has 0 atom stereocenters. The molecule has 1 N–H and O–H groups in total. The summed E-state index contributed by atoms with van der Waals surface area (Å²) in [7, 11) is 0. The first kappa shape index (κ1) is 20.2. The molecule has 0 aliphatic rings. The van der Waals surface area contributed by atoms with Crippen LogP contribution in [-0.2, 0) is 11.0 Å². The van der Waals surface area contributed by atoms with Gasteiger partial charge in [-0.2, -0.15) is 13.2 Å². The summed E-state index contributed by atoms with van der Waals surface area (Å²) in [6.07, 6.45) is -4.53. The zero-order chi connectivity index (χ0) is 20.3. The van der Waals surface area contributed by atoms with E-state index in [4.69, 9.17) is 16.0 Å². The van der Waals surface area contributed by atoms with Gasteiger partial charge in [-0.25, -0.2) is 0 Å². The number of anilines is 1. The molecule has 0 saturated heterocycles. The van der Waals surface area contributed by atoms with Crippen LogP contribution in [0.25, 0.3) is 11.5 Å². The average molecular weight is 428 g/mol. The van der Waals surface area contributed by atoms with E-state index in [0.717, 1.165) is 41.1 Å². The van der Waals surface area contributed by atoms with Crippen molar-refractivity contribution < 1.29 is 22.4 Å². The van der Waals surface area contributed by atoms with Crippen molar-refractivity contribution in [2.45, 2.75) is 18.3 Å². The summed E-state index contributed by atoms with van der Waals surface area (Å²) in [4.78, 5) is 12.1. The van der Waals surface area contributed by atoms with Crippen molar-refractivity contribution in [1.82, 2.24) is 10.2 Å². The Bertz CT molecular complexity index is 1010. The number of nitrogens with one attached hydrogen (secondary N) is 1. The number of carbonyl (C=O) groups excluding carboxylic acids is 1. The molecule has 0 spiro atoms. The van der Waals surface area contributed by atoms with Crippen molar-refractivity contribution in [2.24, 2.45) is 0 Å². The number of benzene rings is 2. The number of thioether (sulfide) groups is 1. The Labute approximate surface area is 167 Å². The molecule has 10 heteroatoms. The number of nitrogens with zero attached hydrogens (tertiary/aromatic N) is 2. The summed E-state index contributed by atoms with van der Waals surface area (Å²) in [5, 5.41) is 10.3. The van der Waals surface area contributed by atoms with Crippen LogP contribution in [0.4, 0.5) is 18.9 Å². The number of rotatable bonds is 5. The maximum absolute atomic E-state index is 12.8. The van der Waals surface area contributed by atoms with E-state index in [2.05, 4.69) is 15.5 Å². The Morgan fingerprint density at radius 3 is 2.71 bits per heavy atom. The van der Waals surface area contributed by atoms with E-state index in [1.807, 2.05) is 31.2 Å². The van der Waals surface area contributed by atoms with E-state index in [1.165, 1.54) is 0 Å². The summed E-state index contributed by atoms with van der Waals surface area (Å²) >= 11 is 6.83. The van der Waals surface area contributed by atoms with Crippen molar-refractivity contribution >= 4 is 35.0 Å². The fraction of sp³-hybridized carbons (Fsp3) is 0.167. The molecule has 146 valence electrons. The fourth-order valence-electron chi connectivity index (χ4n) is 2.27.